The minimum Gasteiger partial charge on any atom is -0.483 e. The lowest BCUT2D eigenvalue weighted by Crippen LogP contribution is -2.24. The van der Waals surface area contributed by atoms with Gasteiger partial charge in [0.25, 0.3) is 0 Å². The standard InChI is InChI=1S/C16H17NO3/c1-16(2)8-11-4-3-5-14(15(11)20-16)19-13-6-7-17-9-12(13)10-18/h3-7,9,18H,8,10H2,1-2H3. The first-order valence-electron chi connectivity index (χ1n) is 6.61. The molecule has 0 saturated carbocycles. The van der Waals surface area contributed by atoms with Crippen LogP contribution < -0.4 is 9.47 Å². The summed E-state index contributed by atoms with van der Waals surface area (Å²) in [5.41, 5.74) is 1.59. The van der Waals surface area contributed by atoms with Gasteiger partial charge in [0.05, 0.1) is 6.61 Å². The predicted octanol–water partition coefficient (Wildman–Crippen LogP) is 3.08. The third kappa shape index (κ3) is 2.34. The van der Waals surface area contributed by atoms with Crippen LogP contribution in [0, 0.1) is 0 Å². The Kier molecular flexibility index (Phi) is 3.10. The van der Waals surface area contributed by atoms with E-state index in [-0.39, 0.29) is 12.2 Å². The van der Waals surface area contributed by atoms with Gasteiger partial charge in [0.1, 0.15) is 11.4 Å². The molecule has 1 aromatic heterocycles. The van der Waals surface area contributed by atoms with E-state index in [4.69, 9.17) is 9.47 Å². The Bertz CT molecular complexity index is 637. The lowest BCUT2D eigenvalue weighted by atomic mass is 10.0. The third-order valence-electron chi connectivity index (χ3n) is 3.30. The molecule has 0 radical (unpaired) electrons. The quantitative estimate of drug-likeness (QED) is 0.932. The van der Waals surface area contributed by atoms with Gasteiger partial charge in [0, 0.05) is 29.9 Å². The molecule has 4 heteroatoms. The number of hydrogen-bond donors (Lipinski definition) is 1. The zero-order valence-electron chi connectivity index (χ0n) is 11.6. The van der Waals surface area contributed by atoms with Crippen LogP contribution in [0.3, 0.4) is 0 Å². The topological polar surface area (TPSA) is 51.6 Å². The summed E-state index contributed by atoms with van der Waals surface area (Å²) in [6, 6.07) is 7.63. The average molecular weight is 271 g/mol. The molecule has 0 bridgehead atoms. The van der Waals surface area contributed by atoms with Crippen LogP contribution in [-0.4, -0.2) is 15.7 Å². The monoisotopic (exact) mass is 271 g/mol. The molecule has 0 fully saturated rings. The number of para-hydroxylation sites is 1. The Morgan fingerprint density at radius 3 is 2.95 bits per heavy atom. The number of benzene rings is 1. The van der Waals surface area contributed by atoms with E-state index in [0.29, 0.717) is 17.1 Å². The smallest absolute Gasteiger partial charge is 0.169 e. The molecule has 1 aliphatic heterocycles. The molecule has 0 aliphatic carbocycles. The summed E-state index contributed by atoms with van der Waals surface area (Å²) in [6.45, 7) is 4.01. The van der Waals surface area contributed by atoms with Crippen LogP contribution in [0.2, 0.25) is 0 Å². The first kappa shape index (κ1) is 12.9. The SMILES string of the molecule is CC1(C)Cc2cccc(Oc3ccncc3CO)c2O1. The minimum atomic E-state index is -0.208. The van der Waals surface area contributed by atoms with Crippen molar-refractivity contribution in [2.45, 2.75) is 32.5 Å². The second-order valence-electron chi connectivity index (χ2n) is 5.53. The van der Waals surface area contributed by atoms with Crippen molar-refractivity contribution < 1.29 is 14.6 Å². The van der Waals surface area contributed by atoms with Crippen molar-refractivity contribution in [2.75, 3.05) is 0 Å². The largest absolute Gasteiger partial charge is 0.483 e. The number of rotatable bonds is 3. The van der Waals surface area contributed by atoms with Gasteiger partial charge in [-0.25, -0.2) is 0 Å². The summed E-state index contributed by atoms with van der Waals surface area (Å²) in [5.74, 6) is 2.07. The molecule has 0 saturated heterocycles. The first-order valence-corrected chi connectivity index (χ1v) is 6.61. The molecular weight excluding hydrogens is 254 g/mol. The fourth-order valence-corrected chi connectivity index (χ4v) is 2.42. The van der Waals surface area contributed by atoms with Crippen molar-refractivity contribution in [3.8, 4) is 17.2 Å². The van der Waals surface area contributed by atoms with Crippen LogP contribution >= 0.6 is 0 Å². The van der Waals surface area contributed by atoms with Gasteiger partial charge in [-0.15, -0.1) is 0 Å². The van der Waals surface area contributed by atoms with Gasteiger partial charge in [-0.2, -0.15) is 0 Å². The highest BCUT2D eigenvalue weighted by atomic mass is 16.5. The van der Waals surface area contributed by atoms with Crippen LogP contribution in [-0.2, 0) is 13.0 Å². The Hall–Kier alpha value is -2.07. The van der Waals surface area contributed by atoms with Crippen LogP contribution in [0.15, 0.2) is 36.7 Å². The molecule has 0 amide bonds. The van der Waals surface area contributed by atoms with Gasteiger partial charge in [-0.05, 0) is 26.0 Å². The average Bonchev–Trinajstić information content (AvgIpc) is 2.74. The molecule has 20 heavy (non-hydrogen) atoms. The molecule has 3 rings (SSSR count). The normalized spacial score (nSPS) is 15.6. The van der Waals surface area contributed by atoms with Crippen LogP contribution in [0.5, 0.6) is 17.2 Å². The van der Waals surface area contributed by atoms with E-state index < -0.39 is 0 Å². The summed E-state index contributed by atoms with van der Waals surface area (Å²) in [6.07, 6.45) is 4.11. The van der Waals surface area contributed by atoms with E-state index in [1.54, 1.807) is 18.5 Å². The Balaban J connectivity index is 1.96. The Labute approximate surface area is 118 Å². The van der Waals surface area contributed by atoms with E-state index in [1.165, 1.54) is 0 Å². The maximum Gasteiger partial charge on any atom is 0.169 e. The zero-order chi connectivity index (χ0) is 14.2. The van der Waals surface area contributed by atoms with Gasteiger partial charge in [0.15, 0.2) is 11.5 Å². The Morgan fingerprint density at radius 1 is 1.30 bits per heavy atom. The van der Waals surface area contributed by atoms with Crippen LogP contribution in [0.1, 0.15) is 25.0 Å². The minimum absolute atomic E-state index is 0.107. The molecular formula is C16H17NO3. The summed E-state index contributed by atoms with van der Waals surface area (Å²) in [7, 11) is 0. The molecule has 1 aliphatic rings. The number of pyridine rings is 1. The molecule has 2 aromatic rings. The predicted molar refractivity (Wildman–Crippen MR) is 75.1 cm³/mol. The van der Waals surface area contributed by atoms with Crippen molar-refractivity contribution in [3.63, 3.8) is 0 Å². The van der Waals surface area contributed by atoms with Gasteiger partial charge >= 0.3 is 0 Å². The van der Waals surface area contributed by atoms with Gasteiger partial charge in [-0.1, -0.05) is 12.1 Å². The summed E-state index contributed by atoms with van der Waals surface area (Å²) in [5, 5.41) is 9.32. The lowest BCUT2D eigenvalue weighted by Gasteiger charge is -2.18. The van der Waals surface area contributed by atoms with Gasteiger partial charge in [-0.3, -0.25) is 4.98 Å². The van der Waals surface area contributed by atoms with Crippen LogP contribution in [0.25, 0.3) is 0 Å². The summed E-state index contributed by atoms with van der Waals surface area (Å²) in [4.78, 5) is 3.98. The van der Waals surface area contributed by atoms with Crippen molar-refractivity contribution in [2.24, 2.45) is 0 Å². The summed E-state index contributed by atoms with van der Waals surface area (Å²) < 4.78 is 11.9. The molecule has 0 spiro atoms. The van der Waals surface area contributed by atoms with Gasteiger partial charge < -0.3 is 14.6 Å². The maximum absolute atomic E-state index is 9.32. The fraction of sp³-hybridized carbons (Fsp3) is 0.312. The molecule has 1 N–H and O–H groups in total. The number of nitrogens with zero attached hydrogens (tertiary/aromatic N) is 1. The van der Waals surface area contributed by atoms with E-state index >= 15 is 0 Å². The van der Waals surface area contributed by atoms with Crippen molar-refractivity contribution in [1.82, 2.24) is 4.98 Å². The highest BCUT2D eigenvalue weighted by Gasteiger charge is 2.32. The van der Waals surface area contributed by atoms with E-state index in [2.05, 4.69) is 24.9 Å². The first-order chi connectivity index (χ1) is 9.59. The second-order valence-corrected chi connectivity index (χ2v) is 5.53. The van der Waals surface area contributed by atoms with E-state index in [9.17, 15) is 5.11 Å². The zero-order valence-corrected chi connectivity index (χ0v) is 11.6. The van der Waals surface area contributed by atoms with Gasteiger partial charge in [0.2, 0.25) is 0 Å². The number of fused-ring (bicyclic) bond motifs is 1. The molecule has 4 nitrogen and oxygen atoms in total. The van der Waals surface area contributed by atoms with Crippen molar-refractivity contribution >= 4 is 0 Å². The number of aliphatic hydroxyl groups is 1. The summed E-state index contributed by atoms with van der Waals surface area (Å²) >= 11 is 0. The van der Waals surface area contributed by atoms with E-state index in [0.717, 1.165) is 17.7 Å². The van der Waals surface area contributed by atoms with Crippen LogP contribution in [0.4, 0.5) is 0 Å². The third-order valence-corrected chi connectivity index (χ3v) is 3.30. The van der Waals surface area contributed by atoms with Crippen molar-refractivity contribution in [3.05, 3.63) is 47.8 Å². The highest BCUT2D eigenvalue weighted by Crippen LogP contribution is 2.43. The Morgan fingerprint density at radius 2 is 2.15 bits per heavy atom. The number of ether oxygens (including phenoxy) is 2. The molecule has 0 atom stereocenters. The number of hydrogen-bond acceptors (Lipinski definition) is 4. The maximum atomic E-state index is 9.32. The molecule has 0 unspecified atom stereocenters. The lowest BCUT2D eigenvalue weighted by molar-refractivity contribution is 0.135. The van der Waals surface area contributed by atoms with Crippen molar-refractivity contribution in [1.29, 1.82) is 0 Å². The second kappa shape index (κ2) is 4.80. The van der Waals surface area contributed by atoms with E-state index in [1.807, 2.05) is 12.1 Å². The number of aromatic nitrogens is 1. The highest BCUT2D eigenvalue weighted by molar-refractivity contribution is 5.52. The molecule has 1 aromatic carbocycles. The number of aliphatic hydroxyl groups excluding tert-OH is 1. The molecule has 104 valence electrons. The molecule has 2 heterocycles. The fourth-order valence-electron chi connectivity index (χ4n) is 2.42.